The standard InChI is InChI=1S/C23H25N7O2S/c1-14(24)10-25-23(31)15-8-19(27-21(9-15)29-12-16(13-29)32-2)17-11-26-30-6-5-18(28-22(17)30)20-4-3-7-33-20/h3-9,11,14,16H,10,12-13,24H2,1-2H3,(H,25,31)/t14-/m0/s1. The van der Waals surface area contributed by atoms with Gasteiger partial charge in [0.25, 0.3) is 5.91 Å². The number of thiophene rings is 1. The summed E-state index contributed by atoms with van der Waals surface area (Å²) in [4.78, 5) is 25.7. The maximum absolute atomic E-state index is 12.9. The molecule has 5 rings (SSSR count). The van der Waals surface area contributed by atoms with E-state index in [2.05, 4.69) is 15.3 Å². The van der Waals surface area contributed by atoms with Gasteiger partial charge in [0.1, 0.15) is 5.82 Å². The van der Waals surface area contributed by atoms with Gasteiger partial charge in [-0.15, -0.1) is 11.3 Å². The predicted molar refractivity (Wildman–Crippen MR) is 129 cm³/mol. The summed E-state index contributed by atoms with van der Waals surface area (Å²) in [6.45, 7) is 3.70. The average molecular weight is 464 g/mol. The number of ether oxygens (including phenoxy) is 1. The summed E-state index contributed by atoms with van der Waals surface area (Å²) in [5.41, 5.74) is 9.30. The van der Waals surface area contributed by atoms with Gasteiger partial charge in [-0.1, -0.05) is 6.07 Å². The van der Waals surface area contributed by atoms with Gasteiger partial charge in [0.2, 0.25) is 0 Å². The number of nitrogens with one attached hydrogen (secondary N) is 1. The van der Waals surface area contributed by atoms with Crippen LogP contribution in [-0.2, 0) is 4.74 Å². The molecule has 1 saturated heterocycles. The minimum Gasteiger partial charge on any atom is -0.378 e. The third-order valence-electron chi connectivity index (χ3n) is 5.58. The molecule has 0 saturated carbocycles. The van der Waals surface area contributed by atoms with Gasteiger partial charge in [0.15, 0.2) is 5.65 Å². The Balaban J connectivity index is 1.56. The maximum Gasteiger partial charge on any atom is 0.251 e. The van der Waals surface area contributed by atoms with E-state index in [1.54, 1.807) is 35.2 Å². The maximum atomic E-state index is 12.9. The first-order valence-electron chi connectivity index (χ1n) is 10.7. The highest BCUT2D eigenvalue weighted by Gasteiger charge is 2.29. The SMILES string of the molecule is COC1CN(c2cc(C(=O)NC[C@H](C)N)cc(-c3cnn4ccc(-c5cccs5)nc34)n2)C1. The molecule has 0 aromatic carbocycles. The normalized spacial score (nSPS) is 14.9. The number of hydrogen-bond acceptors (Lipinski definition) is 8. The summed E-state index contributed by atoms with van der Waals surface area (Å²) in [5, 5.41) is 9.37. The fourth-order valence-corrected chi connectivity index (χ4v) is 4.38. The Kier molecular flexibility index (Phi) is 5.79. The zero-order chi connectivity index (χ0) is 22.9. The molecular weight excluding hydrogens is 438 g/mol. The zero-order valence-electron chi connectivity index (χ0n) is 18.4. The van der Waals surface area contributed by atoms with Crippen LogP contribution in [0.15, 0.2) is 48.1 Å². The van der Waals surface area contributed by atoms with Crippen molar-refractivity contribution in [1.82, 2.24) is 24.9 Å². The van der Waals surface area contributed by atoms with Crippen LogP contribution in [0, 0.1) is 0 Å². The van der Waals surface area contributed by atoms with E-state index in [9.17, 15) is 4.79 Å². The molecule has 1 fully saturated rings. The number of nitrogens with two attached hydrogens (primary N) is 1. The molecule has 9 nitrogen and oxygen atoms in total. The van der Waals surface area contributed by atoms with Crippen molar-refractivity contribution in [3.05, 3.63) is 53.7 Å². The molecule has 5 heterocycles. The largest absolute Gasteiger partial charge is 0.378 e. The molecule has 10 heteroatoms. The number of hydrogen-bond donors (Lipinski definition) is 2. The molecule has 0 spiro atoms. The number of amides is 1. The first-order valence-corrected chi connectivity index (χ1v) is 11.6. The number of carbonyl (C=O) groups is 1. The molecule has 4 aromatic rings. The number of aromatic nitrogens is 4. The van der Waals surface area contributed by atoms with E-state index in [0.29, 0.717) is 23.4 Å². The minimum atomic E-state index is -0.190. The van der Waals surface area contributed by atoms with Gasteiger partial charge in [-0.25, -0.2) is 14.5 Å². The van der Waals surface area contributed by atoms with Crippen LogP contribution in [0.4, 0.5) is 5.82 Å². The molecule has 0 bridgehead atoms. The minimum absolute atomic E-state index is 0.132. The lowest BCUT2D eigenvalue weighted by Crippen LogP contribution is -2.52. The molecule has 1 amide bonds. The van der Waals surface area contributed by atoms with Gasteiger partial charge < -0.3 is 20.7 Å². The van der Waals surface area contributed by atoms with Crippen LogP contribution in [0.1, 0.15) is 17.3 Å². The monoisotopic (exact) mass is 463 g/mol. The molecular formula is C23H25N7O2S. The van der Waals surface area contributed by atoms with E-state index in [-0.39, 0.29) is 18.1 Å². The molecule has 33 heavy (non-hydrogen) atoms. The Labute approximate surface area is 195 Å². The van der Waals surface area contributed by atoms with E-state index in [1.807, 2.05) is 42.8 Å². The summed E-state index contributed by atoms with van der Waals surface area (Å²) in [5.74, 6) is 0.533. The summed E-state index contributed by atoms with van der Waals surface area (Å²) in [6, 6.07) is 9.44. The average Bonchev–Trinajstić information content (AvgIpc) is 3.46. The summed E-state index contributed by atoms with van der Waals surface area (Å²) < 4.78 is 7.13. The third-order valence-corrected chi connectivity index (χ3v) is 6.48. The Morgan fingerprint density at radius 3 is 2.88 bits per heavy atom. The summed E-state index contributed by atoms with van der Waals surface area (Å²) in [6.07, 6.45) is 3.79. The van der Waals surface area contributed by atoms with Crippen molar-refractivity contribution in [1.29, 1.82) is 0 Å². The van der Waals surface area contributed by atoms with Gasteiger partial charge in [0.05, 0.1) is 34.1 Å². The number of carbonyl (C=O) groups excluding carboxylic acids is 1. The second-order valence-electron chi connectivity index (χ2n) is 8.17. The Morgan fingerprint density at radius 1 is 1.30 bits per heavy atom. The number of anilines is 1. The lowest BCUT2D eigenvalue weighted by atomic mass is 10.1. The predicted octanol–water partition coefficient (Wildman–Crippen LogP) is 2.43. The molecule has 0 unspecified atom stereocenters. The molecule has 1 atom stereocenters. The second kappa shape index (κ2) is 8.89. The lowest BCUT2D eigenvalue weighted by molar-refractivity contribution is 0.0783. The van der Waals surface area contributed by atoms with E-state index in [1.165, 1.54) is 0 Å². The van der Waals surface area contributed by atoms with Crippen molar-refractivity contribution >= 4 is 28.7 Å². The lowest BCUT2D eigenvalue weighted by Gasteiger charge is -2.39. The molecule has 1 aliphatic rings. The molecule has 0 radical (unpaired) electrons. The number of fused-ring (bicyclic) bond motifs is 1. The van der Waals surface area contributed by atoms with Crippen LogP contribution >= 0.6 is 11.3 Å². The van der Waals surface area contributed by atoms with Crippen molar-refractivity contribution in [3.8, 4) is 21.8 Å². The van der Waals surface area contributed by atoms with Gasteiger partial charge in [-0.3, -0.25) is 4.79 Å². The second-order valence-corrected chi connectivity index (χ2v) is 9.11. The van der Waals surface area contributed by atoms with Crippen LogP contribution in [-0.4, -0.2) is 64.4 Å². The van der Waals surface area contributed by atoms with Crippen molar-refractivity contribution in [2.75, 3.05) is 31.6 Å². The number of pyridine rings is 1. The summed E-state index contributed by atoms with van der Waals surface area (Å²) >= 11 is 1.63. The first kappa shape index (κ1) is 21.5. The highest BCUT2D eigenvalue weighted by molar-refractivity contribution is 7.13. The van der Waals surface area contributed by atoms with Crippen molar-refractivity contribution in [3.63, 3.8) is 0 Å². The van der Waals surface area contributed by atoms with Crippen LogP contribution in [0.3, 0.4) is 0 Å². The van der Waals surface area contributed by atoms with Gasteiger partial charge in [-0.05, 0) is 36.6 Å². The Morgan fingerprint density at radius 2 is 2.15 bits per heavy atom. The van der Waals surface area contributed by atoms with Crippen molar-refractivity contribution in [2.45, 2.75) is 19.1 Å². The number of methoxy groups -OCH3 is 1. The van der Waals surface area contributed by atoms with Crippen LogP contribution < -0.4 is 16.0 Å². The topological polar surface area (TPSA) is 111 Å². The molecule has 3 N–H and O–H groups in total. The molecule has 170 valence electrons. The first-order chi connectivity index (χ1) is 16.0. The van der Waals surface area contributed by atoms with E-state index >= 15 is 0 Å². The van der Waals surface area contributed by atoms with E-state index in [4.69, 9.17) is 20.4 Å². The van der Waals surface area contributed by atoms with Crippen LogP contribution in [0.5, 0.6) is 0 Å². The third kappa shape index (κ3) is 4.32. The van der Waals surface area contributed by atoms with E-state index < -0.39 is 0 Å². The molecule has 0 aliphatic carbocycles. The van der Waals surface area contributed by atoms with Crippen LogP contribution in [0.25, 0.3) is 27.5 Å². The number of nitrogens with zero attached hydrogens (tertiary/aromatic N) is 5. The fourth-order valence-electron chi connectivity index (χ4n) is 3.69. The van der Waals surface area contributed by atoms with Gasteiger partial charge in [0, 0.05) is 44.5 Å². The number of rotatable bonds is 7. The zero-order valence-corrected chi connectivity index (χ0v) is 19.2. The summed E-state index contributed by atoms with van der Waals surface area (Å²) in [7, 11) is 1.70. The Bertz CT molecular complexity index is 1280. The van der Waals surface area contributed by atoms with Crippen LogP contribution in [0.2, 0.25) is 0 Å². The highest BCUT2D eigenvalue weighted by Crippen LogP contribution is 2.30. The smallest absolute Gasteiger partial charge is 0.251 e. The molecule has 4 aromatic heterocycles. The Hall–Kier alpha value is -3.34. The quantitative estimate of drug-likeness (QED) is 0.433. The fraction of sp³-hybridized carbons (Fsp3) is 0.304. The van der Waals surface area contributed by atoms with Gasteiger partial charge >= 0.3 is 0 Å². The van der Waals surface area contributed by atoms with E-state index in [0.717, 1.165) is 35.0 Å². The molecule has 1 aliphatic heterocycles. The van der Waals surface area contributed by atoms with Crippen molar-refractivity contribution in [2.24, 2.45) is 5.73 Å². The van der Waals surface area contributed by atoms with Gasteiger partial charge in [-0.2, -0.15) is 5.10 Å². The highest BCUT2D eigenvalue weighted by atomic mass is 32.1. The van der Waals surface area contributed by atoms with Crippen molar-refractivity contribution < 1.29 is 9.53 Å².